The number of urea groups is 1. The highest BCUT2D eigenvalue weighted by atomic mass is 32.1. The summed E-state index contributed by atoms with van der Waals surface area (Å²) < 4.78 is 5.35. The summed E-state index contributed by atoms with van der Waals surface area (Å²) in [4.78, 5) is 26.0. The zero-order chi connectivity index (χ0) is 16.5. The maximum Gasteiger partial charge on any atom is 0.312 e. The van der Waals surface area contributed by atoms with E-state index in [4.69, 9.17) is 10.2 Å². The second-order valence-corrected chi connectivity index (χ2v) is 6.19. The van der Waals surface area contributed by atoms with E-state index in [1.807, 2.05) is 29.6 Å². The summed E-state index contributed by atoms with van der Waals surface area (Å²) in [6.07, 6.45) is 3.48. The Labute approximate surface area is 139 Å². The summed E-state index contributed by atoms with van der Waals surface area (Å²) in [7, 11) is 0. The number of nitrogens with one attached hydrogen (secondary N) is 1. The van der Waals surface area contributed by atoms with Crippen LogP contribution in [0.4, 0.5) is 4.79 Å². The highest BCUT2D eigenvalue weighted by Crippen LogP contribution is 2.16. The van der Waals surface area contributed by atoms with Crippen molar-refractivity contribution in [2.24, 2.45) is 5.73 Å². The normalized spacial score (nSPS) is 10.4. The highest BCUT2D eigenvalue weighted by molar-refractivity contribution is 7.09. The van der Waals surface area contributed by atoms with Crippen LogP contribution in [0.15, 0.2) is 40.3 Å². The van der Waals surface area contributed by atoms with Gasteiger partial charge in [0.1, 0.15) is 5.76 Å². The standard InChI is InChI=1S/C16H21N3O3S/c17-16(21)18-8-2-1-7-15(20)19(11-13-5-3-9-22-13)12-14-6-4-10-23-14/h3-6,9-10H,1-2,7-8,11-12H2,(H3,17,18,21). The Morgan fingerprint density at radius 3 is 2.74 bits per heavy atom. The van der Waals surface area contributed by atoms with Crippen LogP contribution in [-0.4, -0.2) is 23.4 Å². The van der Waals surface area contributed by atoms with Crippen LogP contribution in [0.1, 0.15) is 29.9 Å². The fourth-order valence-corrected chi connectivity index (χ4v) is 2.90. The molecule has 0 aliphatic rings. The van der Waals surface area contributed by atoms with Gasteiger partial charge in [-0.2, -0.15) is 0 Å². The number of primary amides is 1. The number of rotatable bonds is 9. The summed E-state index contributed by atoms with van der Waals surface area (Å²) in [5, 5.41) is 4.52. The van der Waals surface area contributed by atoms with Crippen molar-refractivity contribution in [3.05, 3.63) is 46.5 Å². The molecule has 0 atom stereocenters. The number of nitrogens with zero attached hydrogens (tertiary/aromatic N) is 1. The third kappa shape index (κ3) is 6.15. The number of unbranched alkanes of at least 4 members (excludes halogenated alkanes) is 1. The number of carbonyl (C=O) groups is 2. The van der Waals surface area contributed by atoms with Gasteiger partial charge < -0.3 is 20.4 Å². The molecule has 3 amide bonds. The van der Waals surface area contributed by atoms with Crippen molar-refractivity contribution < 1.29 is 14.0 Å². The molecule has 0 saturated heterocycles. The van der Waals surface area contributed by atoms with Crippen molar-refractivity contribution in [3.8, 4) is 0 Å². The van der Waals surface area contributed by atoms with Gasteiger partial charge in [0.05, 0.1) is 19.4 Å². The zero-order valence-electron chi connectivity index (χ0n) is 12.9. The predicted octanol–water partition coefficient (Wildman–Crippen LogP) is 2.71. The second kappa shape index (κ2) is 8.99. The van der Waals surface area contributed by atoms with Crippen molar-refractivity contribution in [3.63, 3.8) is 0 Å². The van der Waals surface area contributed by atoms with Gasteiger partial charge >= 0.3 is 6.03 Å². The van der Waals surface area contributed by atoms with Gasteiger partial charge in [0.25, 0.3) is 0 Å². The summed E-state index contributed by atoms with van der Waals surface area (Å²) in [5.74, 6) is 0.846. The van der Waals surface area contributed by atoms with Crippen LogP contribution in [0.2, 0.25) is 0 Å². The molecular formula is C16H21N3O3S. The topological polar surface area (TPSA) is 88.6 Å². The van der Waals surface area contributed by atoms with E-state index in [1.165, 1.54) is 0 Å². The molecule has 23 heavy (non-hydrogen) atoms. The van der Waals surface area contributed by atoms with E-state index < -0.39 is 6.03 Å². The Bertz CT molecular complexity index is 560. The lowest BCUT2D eigenvalue weighted by molar-refractivity contribution is -0.132. The van der Waals surface area contributed by atoms with Crippen LogP contribution < -0.4 is 11.1 Å². The van der Waals surface area contributed by atoms with E-state index in [0.29, 0.717) is 32.5 Å². The monoisotopic (exact) mass is 335 g/mol. The molecule has 0 bridgehead atoms. The smallest absolute Gasteiger partial charge is 0.312 e. The molecule has 124 valence electrons. The van der Waals surface area contributed by atoms with Gasteiger partial charge in [0.2, 0.25) is 5.91 Å². The molecule has 3 N–H and O–H groups in total. The maximum absolute atomic E-state index is 12.5. The number of hydrogen-bond acceptors (Lipinski definition) is 4. The van der Waals surface area contributed by atoms with Crippen molar-refractivity contribution in [2.45, 2.75) is 32.4 Å². The van der Waals surface area contributed by atoms with E-state index in [2.05, 4.69) is 5.32 Å². The Hall–Kier alpha value is -2.28. The van der Waals surface area contributed by atoms with Gasteiger partial charge in [-0.15, -0.1) is 11.3 Å². The molecular weight excluding hydrogens is 314 g/mol. The minimum Gasteiger partial charge on any atom is -0.467 e. The van der Waals surface area contributed by atoms with E-state index in [1.54, 1.807) is 22.5 Å². The number of hydrogen-bond donors (Lipinski definition) is 2. The third-order valence-electron chi connectivity index (χ3n) is 3.32. The molecule has 2 heterocycles. The van der Waals surface area contributed by atoms with E-state index in [0.717, 1.165) is 17.1 Å². The molecule has 0 fully saturated rings. The van der Waals surface area contributed by atoms with E-state index in [9.17, 15) is 9.59 Å². The van der Waals surface area contributed by atoms with Gasteiger partial charge in [0, 0.05) is 17.8 Å². The van der Waals surface area contributed by atoms with Gasteiger partial charge in [-0.3, -0.25) is 4.79 Å². The quantitative estimate of drug-likeness (QED) is 0.691. The zero-order valence-corrected chi connectivity index (χ0v) is 13.7. The molecule has 0 aliphatic carbocycles. The average Bonchev–Trinajstić information content (AvgIpc) is 3.19. The molecule has 7 heteroatoms. The molecule has 0 spiro atoms. The first-order valence-electron chi connectivity index (χ1n) is 7.51. The van der Waals surface area contributed by atoms with Crippen LogP contribution in [0.5, 0.6) is 0 Å². The lowest BCUT2D eigenvalue weighted by atomic mass is 10.2. The van der Waals surface area contributed by atoms with Gasteiger partial charge in [-0.1, -0.05) is 6.07 Å². The Morgan fingerprint density at radius 1 is 1.22 bits per heavy atom. The highest BCUT2D eigenvalue weighted by Gasteiger charge is 2.16. The Morgan fingerprint density at radius 2 is 2.09 bits per heavy atom. The van der Waals surface area contributed by atoms with Crippen LogP contribution in [0.3, 0.4) is 0 Å². The largest absolute Gasteiger partial charge is 0.467 e. The maximum atomic E-state index is 12.5. The summed E-state index contributed by atoms with van der Waals surface area (Å²) >= 11 is 1.63. The Kier molecular flexibility index (Phi) is 6.68. The van der Waals surface area contributed by atoms with Crippen LogP contribution in [0.25, 0.3) is 0 Å². The van der Waals surface area contributed by atoms with Crippen molar-refractivity contribution in [1.82, 2.24) is 10.2 Å². The van der Waals surface area contributed by atoms with Crippen molar-refractivity contribution in [1.29, 1.82) is 0 Å². The molecule has 2 rings (SSSR count). The molecule has 2 aromatic heterocycles. The van der Waals surface area contributed by atoms with E-state index >= 15 is 0 Å². The molecule has 0 radical (unpaired) electrons. The predicted molar refractivity (Wildman–Crippen MR) is 88.7 cm³/mol. The number of nitrogens with two attached hydrogens (primary N) is 1. The SMILES string of the molecule is NC(=O)NCCCCC(=O)N(Cc1ccco1)Cc1cccs1. The third-order valence-corrected chi connectivity index (χ3v) is 4.18. The lowest BCUT2D eigenvalue weighted by Gasteiger charge is -2.21. The number of amides is 3. The molecule has 0 aliphatic heterocycles. The first-order chi connectivity index (χ1) is 11.1. The van der Waals surface area contributed by atoms with Crippen LogP contribution in [0, 0.1) is 0 Å². The summed E-state index contributed by atoms with van der Waals surface area (Å²) in [6.45, 7) is 1.53. The lowest BCUT2D eigenvalue weighted by Crippen LogP contribution is -2.31. The van der Waals surface area contributed by atoms with Crippen LogP contribution >= 0.6 is 11.3 Å². The fraction of sp³-hybridized carbons (Fsp3) is 0.375. The minimum absolute atomic E-state index is 0.0777. The number of furan rings is 1. The van der Waals surface area contributed by atoms with Gasteiger partial charge in [-0.25, -0.2) is 4.79 Å². The number of carbonyl (C=O) groups excluding carboxylic acids is 2. The summed E-state index contributed by atoms with van der Waals surface area (Å²) in [5.41, 5.74) is 5.00. The molecule has 0 aromatic carbocycles. The van der Waals surface area contributed by atoms with E-state index in [-0.39, 0.29) is 5.91 Å². The van der Waals surface area contributed by atoms with Crippen LogP contribution in [-0.2, 0) is 17.9 Å². The molecule has 0 saturated carbocycles. The molecule has 2 aromatic rings. The fourth-order valence-electron chi connectivity index (χ4n) is 2.18. The first-order valence-corrected chi connectivity index (χ1v) is 8.39. The van der Waals surface area contributed by atoms with Gasteiger partial charge in [-0.05, 0) is 36.4 Å². The van der Waals surface area contributed by atoms with Gasteiger partial charge in [0.15, 0.2) is 0 Å². The Balaban J connectivity index is 1.84. The first kappa shape index (κ1) is 17.1. The second-order valence-electron chi connectivity index (χ2n) is 5.16. The number of thiophene rings is 1. The molecule has 0 unspecified atom stereocenters. The minimum atomic E-state index is -0.534. The summed E-state index contributed by atoms with van der Waals surface area (Å²) in [6, 6.07) is 7.15. The average molecular weight is 335 g/mol. The van der Waals surface area contributed by atoms with Crippen molar-refractivity contribution >= 4 is 23.3 Å². The molecule has 6 nitrogen and oxygen atoms in total. The van der Waals surface area contributed by atoms with Crippen molar-refractivity contribution in [2.75, 3.05) is 6.54 Å².